The van der Waals surface area contributed by atoms with Gasteiger partial charge in [-0.2, -0.15) is 0 Å². The van der Waals surface area contributed by atoms with Crippen LogP contribution < -0.4 is 0 Å². The second kappa shape index (κ2) is 6.41. The van der Waals surface area contributed by atoms with Crippen LogP contribution in [0.5, 0.6) is 5.75 Å². The molecular weight excluding hydrogens is 276 g/mol. The third-order valence-corrected chi connectivity index (χ3v) is 2.74. The number of aliphatic hydroxyl groups is 1. The van der Waals surface area contributed by atoms with Crippen molar-refractivity contribution >= 4 is 21.5 Å². The van der Waals surface area contributed by atoms with E-state index in [0.29, 0.717) is 5.75 Å². The normalized spacial score (nSPS) is 9.44. The molecule has 0 aliphatic carbocycles. The summed E-state index contributed by atoms with van der Waals surface area (Å²) in [5.74, 6) is 0.378. The molecule has 1 radical (unpaired) electrons. The number of hydrogen-bond acceptors (Lipinski definition) is 2. The SMILES string of the molecule is CO.Oc1c2ccccc2cc2ccccc12.[Cu]. The predicted octanol–water partition coefficient (Wildman–Crippen LogP) is 3.30. The van der Waals surface area contributed by atoms with Crippen LogP contribution >= 0.6 is 0 Å². The molecule has 0 amide bonds. The van der Waals surface area contributed by atoms with Crippen molar-refractivity contribution in [3.05, 3.63) is 54.6 Å². The van der Waals surface area contributed by atoms with Crippen molar-refractivity contribution in [1.82, 2.24) is 0 Å². The third kappa shape index (κ3) is 2.49. The number of phenols is 1. The van der Waals surface area contributed by atoms with Gasteiger partial charge >= 0.3 is 0 Å². The van der Waals surface area contributed by atoms with Crippen molar-refractivity contribution in [2.45, 2.75) is 0 Å². The van der Waals surface area contributed by atoms with E-state index in [4.69, 9.17) is 5.11 Å². The Labute approximate surface area is 116 Å². The van der Waals surface area contributed by atoms with Crippen molar-refractivity contribution < 1.29 is 27.3 Å². The Hall–Kier alpha value is -1.54. The molecule has 0 unspecified atom stereocenters. The average molecular weight is 290 g/mol. The molecule has 3 aromatic rings. The molecule has 0 spiro atoms. The molecule has 0 aliphatic rings. The van der Waals surface area contributed by atoms with E-state index >= 15 is 0 Å². The van der Waals surface area contributed by atoms with Gasteiger partial charge in [0.1, 0.15) is 5.75 Å². The Kier molecular flexibility index (Phi) is 5.17. The molecule has 0 fully saturated rings. The maximum atomic E-state index is 10.1. The fourth-order valence-corrected chi connectivity index (χ4v) is 1.99. The van der Waals surface area contributed by atoms with Crippen molar-refractivity contribution in [2.24, 2.45) is 0 Å². The van der Waals surface area contributed by atoms with Gasteiger partial charge in [-0.25, -0.2) is 0 Å². The van der Waals surface area contributed by atoms with Crippen LogP contribution in [0.3, 0.4) is 0 Å². The fourth-order valence-electron chi connectivity index (χ4n) is 1.99. The molecule has 0 saturated heterocycles. The summed E-state index contributed by atoms with van der Waals surface area (Å²) >= 11 is 0. The molecule has 0 atom stereocenters. The van der Waals surface area contributed by atoms with Gasteiger partial charge in [0.25, 0.3) is 0 Å². The average Bonchev–Trinajstić information content (AvgIpc) is 2.41. The number of hydrogen-bond donors (Lipinski definition) is 2. The Bertz CT molecular complexity index is 596. The molecule has 0 heterocycles. The van der Waals surface area contributed by atoms with Crippen LogP contribution in [0.1, 0.15) is 0 Å². The minimum absolute atomic E-state index is 0. The van der Waals surface area contributed by atoms with Gasteiger partial charge in [-0.05, 0) is 16.8 Å². The second-order valence-corrected chi connectivity index (χ2v) is 3.67. The fraction of sp³-hybridized carbons (Fsp3) is 0.0667. The van der Waals surface area contributed by atoms with Crippen LogP contribution in [0.2, 0.25) is 0 Å². The summed E-state index contributed by atoms with van der Waals surface area (Å²) < 4.78 is 0. The van der Waals surface area contributed by atoms with Gasteiger partial charge in [0, 0.05) is 35.0 Å². The van der Waals surface area contributed by atoms with Crippen LogP contribution in [0.4, 0.5) is 0 Å². The number of fused-ring (bicyclic) bond motifs is 2. The maximum absolute atomic E-state index is 10.1. The van der Waals surface area contributed by atoms with Crippen LogP contribution in [-0.4, -0.2) is 17.3 Å². The summed E-state index contributed by atoms with van der Waals surface area (Å²) in [4.78, 5) is 0. The monoisotopic (exact) mass is 289 g/mol. The minimum Gasteiger partial charge on any atom is -0.507 e. The molecule has 2 N–H and O–H groups in total. The van der Waals surface area contributed by atoms with Gasteiger partial charge < -0.3 is 10.2 Å². The van der Waals surface area contributed by atoms with Crippen molar-refractivity contribution in [2.75, 3.05) is 7.11 Å². The zero-order valence-electron chi connectivity index (χ0n) is 9.89. The topological polar surface area (TPSA) is 40.5 Å². The first-order chi connectivity index (χ1) is 8.36. The van der Waals surface area contributed by atoms with Gasteiger partial charge in [0.05, 0.1) is 0 Å². The number of rotatable bonds is 0. The van der Waals surface area contributed by atoms with E-state index in [0.717, 1.165) is 28.7 Å². The molecule has 0 aliphatic heterocycles. The largest absolute Gasteiger partial charge is 0.507 e. The first-order valence-electron chi connectivity index (χ1n) is 5.40. The number of aliphatic hydroxyl groups excluding tert-OH is 1. The zero-order chi connectivity index (χ0) is 12.3. The summed E-state index contributed by atoms with van der Waals surface area (Å²) in [6, 6.07) is 17.9. The first kappa shape index (κ1) is 14.5. The Morgan fingerprint density at radius 3 is 1.56 bits per heavy atom. The number of phenolic OH excluding ortho intramolecular Hbond substituents is 1. The molecule has 97 valence electrons. The molecule has 0 bridgehead atoms. The van der Waals surface area contributed by atoms with Crippen LogP contribution in [0, 0.1) is 0 Å². The van der Waals surface area contributed by atoms with Crippen molar-refractivity contribution in [3.63, 3.8) is 0 Å². The van der Waals surface area contributed by atoms with Crippen LogP contribution in [0.25, 0.3) is 21.5 Å². The zero-order valence-corrected chi connectivity index (χ0v) is 10.8. The quantitative estimate of drug-likeness (QED) is 0.492. The van der Waals surface area contributed by atoms with Gasteiger partial charge in [-0.3, -0.25) is 0 Å². The minimum atomic E-state index is 0. The Morgan fingerprint density at radius 1 is 0.722 bits per heavy atom. The summed E-state index contributed by atoms with van der Waals surface area (Å²) in [5, 5.41) is 21.1. The van der Waals surface area contributed by atoms with E-state index in [-0.39, 0.29) is 17.1 Å². The number of benzene rings is 3. The van der Waals surface area contributed by atoms with Crippen molar-refractivity contribution in [3.8, 4) is 5.75 Å². The summed E-state index contributed by atoms with van der Waals surface area (Å²) in [7, 11) is 1.00. The smallest absolute Gasteiger partial charge is 0.131 e. The van der Waals surface area contributed by atoms with E-state index in [9.17, 15) is 5.11 Å². The van der Waals surface area contributed by atoms with E-state index in [1.807, 2.05) is 48.5 Å². The molecule has 0 saturated carbocycles. The molecule has 3 heteroatoms. The first-order valence-corrected chi connectivity index (χ1v) is 5.40. The van der Waals surface area contributed by atoms with Gasteiger partial charge in [-0.1, -0.05) is 48.5 Å². The van der Waals surface area contributed by atoms with Gasteiger partial charge in [0.2, 0.25) is 0 Å². The van der Waals surface area contributed by atoms with E-state index < -0.39 is 0 Å². The Balaban J connectivity index is 0.000000516. The van der Waals surface area contributed by atoms with Crippen molar-refractivity contribution in [1.29, 1.82) is 0 Å². The van der Waals surface area contributed by atoms with Crippen LogP contribution in [0.15, 0.2) is 54.6 Å². The van der Waals surface area contributed by atoms with Crippen LogP contribution in [-0.2, 0) is 17.1 Å². The van der Waals surface area contributed by atoms with E-state index in [2.05, 4.69) is 6.07 Å². The summed E-state index contributed by atoms with van der Waals surface area (Å²) in [5.41, 5.74) is 0. The summed E-state index contributed by atoms with van der Waals surface area (Å²) in [6.07, 6.45) is 0. The molecule has 2 nitrogen and oxygen atoms in total. The standard InChI is InChI=1S/C14H10O.CH4O.Cu/c15-14-12-7-3-1-5-10(12)9-11-6-2-4-8-13(11)14;1-2;/h1-9,15H;2H,1H3;. The molecular formula is C15H14CuO2. The van der Waals surface area contributed by atoms with E-state index in [1.54, 1.807) is 0 Å². The second-order valence-electron chi connectivity index (χ2n) is 3.67. The van der Waals surface area contributed by atoms with Gasteiger partial charge in [0.15, 0.2) is 0 Å². The van der Waals surface area contributed by atoms with Gasteiger partial charge in [-0.15, -0.1) is 0 Å². The third-order valence-electron chi connectivity index (χ3n) is 2.74. The number of aromatic hydroxyl groups is 1. The summed E-state index contributed by atoms with van der Waals surface area (Å²) in [6.45, 7) is 0. The maximum Gasteiger partial charge on any atom is 0.131 e. The Morgan fingerprint density at radius 2 is 1.11 bits per heavy atom. The predicted molar refractivity (Wildman–Crippen MR) is 71.3 cm³/mol. The molecule has 18 heavy (non-hydrogen) atoms. The molecule has 3 aromatic carbocycles. The molecule has 3 rings (SSSR count). The molecule has 0 aromatic heterocycles. The van der Waals surface area contributed by atoms with E-state index in [1.165, 1.54) is 0 Å².